The second kappa shape index (κ2) is 4.53. The number of ether oxygens (including phenoxy) is 1. The first-order valence-electron chi connectivity index (χ1n) is 5.81. The number of fused-ring (bicyclic) bond motifs is 1. The van der Waals surface area contributed by atoms with Crippen molar-refractivity contribution in [3.8, 4) is 5.75 Å². The van der Waals surface area contributed by atoms with Crippen molar-refractivity contribution in [1.29, 1.82) is 0 Å². The van der Waals surface area contributed by atoms with E-state index < -0.39 is 0 Å². The van der Waals surface area contributed by atoms with Crippen LogP contribution in [0.4, 0.5) is 0 Å². The molecule has 0 aromatic heterocycles. The number of rotatable bonds is 3. The summed E-state index contributed by atoms with van der Waals surface area (Å²) < 4.78 is 7.10. The van der Waals surface area contributed by atoms with E-state index in [0.717, 1.165) is 12.2 Å². The van der Waals surface area contributed by atoms with Crippen molar-refractivity contribution in [2.45, 2.75) is 19.4 Å². The molecule has 1 aliphatic carbocycles. The molecule has 0 heterocycles. The Balaban J connectivity index is 1.77. The zero-order valence-corrected chi connectivity index (χ0v) is 11.0. The summed E-state index contributed by atoms with van der Waals surface area (Å²) in [5, 5.41) is 0. The smallest absolute Gasteiger partial charge is 0.123 e. The van der Waals surface area contributed by atoms with E-state index in [9.17, 15) is 0 Å². The van der Waals surface area contributed by atoms with Crippen LogP contribution in [-0.4, -0.2) is 0 Å². The summed E-state index contributed by atoms with van der Waals surface area (Å²) in [6.45, 7) is 0.648. The van der Waals surface area contributed by atoms with Gasteiger partial charge in [0.1, 0.15) is 12.4 Å². The summed E-state index contributed by atoms with van der Waals surface area (Å²) in [6, 6.07) is 14.4. The second-order valence-electron chi connectivity index (χ2n) is 4.28. The van der Waals surface area contributed by atoms with Gasteiger partial charge in [0.15, 0.2) is 0 Å². The zero-order chi connectivity index (χ0) is 11.7. The standard InChI is InChI=1S/C15H13BrO/c16-14-8-9-15(13-7-6-12(13)14)17-10-11-4-2-1-3-5-11/h1-5,8-9H,6-7,10H2. The molecule has 2 aromatic carbocycles. The number of hydrogen-bond acceptors (Lipinski definition) is 1. The Kier molecular flexibility index (Phi) is 2.89. The molecule has 0 fully saturated rings. The quantitative estimate of drug-likeness (QED) is 0.825. The largest absolute Gasteiger partial charge is 0.489 e. The first kappa shape index (κ1) is 10.8. The van der Waals surface area contributed by atoms with Gasteiger partial charge < -0.3 is 4.74 Å². The maximum atomic E-state index is 5.89. The van der Waals surface area contributed by atoms with Gasteiger partial charge in [0, 0.05) is 4.47 Å². The fourth-order valence-electron chi connectivity index (χ4n) is 2.13. The molecule has 0 spiro atoms. The van der Waals surface area contributed by atoms with Crippen LogP contribution in [0.15, 0.2) is 46.9 Å². The molecule has 3 rings (SSSR count). The molecule has 0 atom stereocenters. The minimum absolute atomic E-state index is 0.648. The Labute approximate surface area is 110 Å². The molecule has 0 radical (unpaired) electrons. The van der Waals surface area contributed by atoms with Gasteiger partial charge in [-0.3, -0.25) is 0 Å². The lowest BCUT2D eigenvalue weighted by Gasteiger charge is -2.23. The molecule has 1 nitrogen and oxygen atoms in total. The van der Waals surface area contributed by atoms with Crippen LogP contribution < -0.4 is 4.74 Å². The van der Waals surface area contributed by atoms with E-state index in [0.29, 0.717) is 6.61 Å². The zero-order valence-electron chi connectivity index (χ0n) is 9.45. The Bertz CT molecular complexity index is 534. The Hall–Kier alpha value is -1.28. The van der Waals surface area contributed by atoms with Crippen LogP contribution in [0.2, 0.25) is 0 Å². The SMILES string of the molecule is Brc1ccc(OCc2ccccc2)c2c1CC2. The van der Waals surface area contributed by atoms with E-state index in [1.54, 1.807) is 0 Å². The fraction of sp³-hybridized carbons (Fsp3) is 0.200. The highest BCUT2D eigenvalue weighted by Gasteiger charge is 2.20. The minimum Gasteiger partial charge on any atom is -0.489 e. The monoisotopic (exact) mass is 288 g/mol. The average molecular weight is 289 g/mol. The van der Waals surface area contributed by atoms with Crippen LogP contribution in [0.5, 0.6) is 5.75 Å². The van der Waals surface area contributed by atoms with Crippen LogP contribution >= 0.6 is 15.9 Å². The van der Waals surface area contributed by atoms with Gasteiger partial charge in [-0.2, -0.15) is 0 Å². The topological polar surface area (TPSA) is 9.23 Å². The van der Waals surface area contributed by atoms with E-state index in [1.807, 2.05) is 18.2 Å². The summed E-state index contributed by atoms with van der Waals surface area (Å²) in [5.74, 6) is 1.04. The maximum absolute atomic E-state index is 5.89. The lowest BCUT2D eigenvalue weighted by atomic mass is 9.88. The normalized spacial score (nSPS) is 12.8. The summed E-state index contributed by atoms with van der Waals surface area (Å²) in [7, 11) is 0. The van der Waals surface area contributed by atoms with Gasteiger partial charge in [0.05, 0.1) is 0 Å². The van der Waals surface area contributed by atoms with Gasteiger partial charge in [-0.1, -0.05) is 46.3 Å². The molecule has 1 aliphatic rings. The fourth-order valence-corrected chi connectivity index (χ4v) is 2.70. The predicted octanol–water partition coefficient (Wildman–Crippen LogP) is 4.13. The minimum atomic E-state index is 0.648. The van der Waals surface area contributed by atoms with Crippen LogP contribution in [0, 0.1) is 0 Å². The van der Waals surface area contributed by atoms with Gasteiger partial charge in [-0.15, -0.1) is 0 Å². The number of halogens is 1. The van der Waals surface area contributed by atoms with Crippen LogP contribution in [0.1, 0.15) is 16.7 Å². The first-order chi connectivity index (χ1) is 8.34. The number of benzene rings is 2. The van der Waals surface area contributed by atoms with E-state index >= 15 is 0 Å². The molecule has 0 saturated carbocycles. The molecule has 17 heavy (non-hydrogen) atoms. The summed E-state index contributed by atoms with van der Waals surface area (Å²) >= 11 is 3.57. The highest BCUT2D eigenvalue weighted by atomic mass is 79.9. The van der Waals surface area contributed by atoms with Crippen molar-refractivity contribution in [2.24, 2.45) is 0 Å². The third kappa shape index (κ3) is 2.09. The number of hydrogen-bond donors (Lipinski definition) is 0. The molecule has 0 saturated heterocycles. The maximum Gasteiger partial charge on any atom is 0.123 e. The molecular formula is C15H13BrO. The van der Waals surface area contributed by atoms with Gasteiger partial charge >= 0.3 is 0 Å². The van der Waals surface area contributed by atoms with Crippen molar-refractivity contribution in [2.75, 3.05) is 0 Å². The Morgan fingerprint density at radius 1 is 0.941 bits per heavy atom. The molecular weight excluding hydrogens is 276 g/mol. The molecule has 2 heteroatoms. The Morgan fingerprint density at radius 2 is 1.71 bits per heavy atom. The van der Waals surface area contributed by atoms with Crippen LogP contribution in [-0.2, 0) is 19.4 Å². The predicted molar refractivity (Wildman–Crippen MR) is 72.3 cm³/mol. The van der Waals surface area contributed by atoms with Gasteiger partial charge in [0.2, 0.25) is 0 Å². The summed E-state index contributed by atoms with van der Waals surface area (Å²) in [6.07, 6.45) is 2.30. The molecule has 0 amide bonds. The van der Waals surface area contributed by atoms with Gasteiger partial charge in [-0.25, -0.2) is 0 Å². The van der Waals surface area contributed by atoms with Gasteiger partial charge in [-0.05, 0) is 41.7 Å². The van der Waals surface area contributed by atoms with Crippen LogP contribution in [0.25, 0.3) is 0 Å². The summed E-state index contributed by atoms with van der Waals surface area (Å²) in [5.41, 5.74) is 3.99. The molecule has 0 aliphatic heterocycles. The lowest BCUT2D eigenvalue weighted by molar-refractivity contribution is 0.300. The third-order valence-corrected chi connectivity index (χ3v) is 3.94. The van der Waals surface area contributed by atoms with Crippen molar-refractivity contribution in [1.82, 2.24) is 0 Å². The Morgan fingerprint density at radius 3 is 2.41 bits per heavy atom. The van der Waals surface area contributed by atoms with Crippen LogP contribution in [0.3, 0.4) is 0 Å². The molecule has 0 N–H and O–H groups in total. The van der Waals surface area contributed by atoms with E-state index in [1.165, 1.54) is 27.6 Å². The first-order valence-corrected chi connectivity index (χ1v) is 6.61. The second-order valence-corrected chi connectivity index (χ2v) is 5.13. The van der Waals surface area contributed by atoms with E-state index in [2.05, 4.69) is 40.2 Å². The molecule has 0 unspecified atom stereocenters. The molecule has 2 aromatic rings. The molecule has 0 bridgehead atoms. The van der Waals surface area contributed by atoms with E-state index in [4.69, 9.17) is 4.74 Å². The highest BCUT2D eigenvalue weighted by molar-refractivity contribution is 9.10. The highest BCUT2D eigenvalue weighted by Crippen LogP contribution is 2.37. The molecule has 86 valence electrons. The average Bonchev–Trinajstić information content (AvgIpc) is 2.31. The van der Waals surface area contributed by atoms with Crippen molar-refractivity contribution < 1.29 is 4.74 Å². The third-order valence-electron chi connectivity index (χ3n) is 3.19. The summed E-state index contributed by atoms with van der Waals surface area (Å²) in [4.78, 5) is 0. The lowest BCUT2D eigenvalue weighted by Crippen LogP contribution is -2.12. The van der Waals surface area contributed by atoms with Crippen molar-refractivity contribution in [3.63, 3.8) is 0 Å². The van der Waals surface area contributed by atoms with E-state index in [-0.39, 0.29) is 0 Å². The van der Waals surface area contributed by atoms with Crippen molar-refractivity contribution in [3.05, 3.63) is 63.6 Å². The van der Waals surface area contributed by atoms with Crippen molar-refractivity contribution >= 4 is 15.9 Å². The van der Waals surface area contributed by atoms with Gasteiger partial charge in [0.25, 0.3) is 0 Å².